The maximum absolute atomic E-state index is 13.4. The highest BCUT2D eigenvalue weighted by Gasteiger charge is 2.62. The standard InChI is InChI=1S/C33H42O2/c1-21(11-12-23-9-6-8-22-7-4-5-10-25(22)23)27-13-14-28-26-20-31(35)30-19-24(34)15-17-33(30,3)29(26)16-18-32(27,28)2/h4-12,21,24,26-30,34H,13-20H2,1-3H3/b12-11+/t21-,24-,26+,27-,28+,29+,30-,32-,33-/m1/s1. The lowest BCUT2D eigenvalue weighted by Crippen LogP contribution is -2.57. The second-order valence-corrected chi connectivity index (χ2v) is 13.0. The van der Waals surface area contributed by atoms with Gasteiger partial charge in [-0.2, -0.15) is 0 Å². The van der Waals surface area contributed by atoms with Crippen LogP contribution >= 0.6 is 0 Å². The summed E-state index contributed by atoms with van der Waals surface area (Å²) in [6.45, 7) is 7.40. The van der Waals surface area contributed by atoms with E-state index in [0.717, 1.165) is 19.3 Å². The molecule has 0 heterocycles. The van der Waals surface area contributed by atoms with Crippen LogP contribution in [0.25, 0.3) is 16.8 Å². The number of benzene rings is 2. The first kappa shape index (κ1) is 23.5. The van der Waals surface area contributed by atoms with Gasteiger partial charge in [0.05, 0.1) is 6.10 Å². The summed E-state index contributed by atoms with van der Waals surface area (Å²) in [5.41, 5.74) is 1.76. The lowest BCUT2D eigenvalue weighted by Gasteiger charge is -2.60. The van der Waals surface area contributed by atoms with Gasteiger partial charge >= 0.3 is 0 Å². The Kier molecular flexibility index (Phi) is 5.75. The van der Waals surface area contributed by atoms with Gasteiger partial charge in [0, 0.05) is 12.3 Å². The molecule has 0 aliphatic heterocycles. The van der Waals surface area contributed by atoms with Gasteiger partial charge in [-0.3, -0.25) is 4.79 Å². The van der Waals surface area contributed by atoms with Crippen molar-refractivity contribution in [1.29, 1.82) is 0 Å². The van der Waals surface area contributed by atoms with Crippen molar-refractivity contribution in [3.8, 4) is 0 Å². The van der Waals surface area contributed by atoms with Crippen LogP contribution in [-0.2, 0) is 4.79 Å². The Morgan fingerprint density at radius 1 is 0.943 bits per heavy atom. The van der Waals surface area contributed by atoms with Gasteiger partial charge in [0.25, 0.3) is 0 Å². The van der Waals surface area contributed by atoms with E-state index in [1.165, 1.54) is 42.0 Å². The molecule has 4 aliphatic rings. The lowest BCUT2D eigenvalue weighted by molar-refractivity contribution is -0.159. The lowest BCUT2D eigenvalue weighted by atomic mass is 9.44. The summed E-state index contributed by atoms with van der Waals surface area (Å²) >= 11 is 0. The smallest absolute Gasteiger partial charge is 0.136 e. The molecule has 4 saturated carbocycles. The molecule has 0 unspecified atom stereocenters. The first-order valence-corrected chi connectivity index (χ1v) is 14.2. The zero-order valence-electron chi connectivity index (χ0n) is 21.7. The van der Waals surface area contributed by atoms with Gasteiger partial charge < -0.3 is 5.11 Å². The largest absolute Gasteiger partial charge is 0.393 e. The second kappa shape index (κ2) is 8.58. The molecule has 0 aromatic heterocycles. The number of fused-ring (bicyclic) bond motifs is 6. The van der Waals surface area contributed by atoms with Crippen LogP contribution in [0.2, 0.25) is 0 Å². The number of hydrogen-bond donors (Lipinski definition) is 1. The summed E-state index contributed by atoms with van der Waals surface area (Å²) in [6.07, 6.45) is 13.1. The van der Waals surface area contributed by atoms with Crippen molar-refractivity contribution in [1.82, 2.24) is 0 Å². The third kappa shape index (κ3) is 3.66. The maximum atomic E-state index is 13.4. The third-order valence-corrected chi connectivity index (χ3v) is 11.5. The summed E-state index contributed by atoms with van der Waals surface area (Å²) in [5, 5.41) is 12.9. The van der Waals surface area contributed by atoms with E-state index in [9.17, 15) is 9.90 Å². The second-order valence-electron chi connectivity index (χ2n) is 13.0. The molecular formula is C33H42O2. The Balaban J connectivity index is 1.24. The molecule has 2 heteroatoms. The molecule has 6 rings (SSSR count). The Morgan fingerprint density at radius 2 is 1.69 bits per heavy atom. The van der Waals surface area contributed by atoms with E-state index >= 15 is 0 Å². The number of allylic oxidation sites excluding steroid dienone is 1. The summed E-state index contributed by atoms with van der Waals surface area (Å²) in [5.74, 6) is 3.67. The van der Waals surface area contributed by atoms with Gasteiger partial charge in [-0.1, -0.05) is 75.4 Å². The first-order valence-electron chi connectivity index (χ1n) is 14.2. The van der Waals surface area contributed by atoms with Crippen molar-refractivity contribution in [2.75, 3.05) is 0 Å². The van der Waals surface area contributed by atoms with Gasteiger partial charge in [-0.25, -0.2) is 0 Å². The van der Waals surface area contributed by atoms with Gasteiger partial charge in [0.1, 0.15) is 5.78 Å². The highest BCUT2D eigenvalue weighted by atomic mass is 16.3. The molecule has 2 aromatic carbocycles. The highest BCUT2D eigenvalue weighted by Crippen LogP contribution is 2.67. The van der Waals surface area contributed by atoms with Gasteiger partial charge in [0.2, 0.25) is 0 Å². The summed E-state index contributed by atoms with van der Waals surface area (Å²) in [6, 6.07) is 15.3. The molecule has 2 aromatic rings. The number of ketones is 1. The minimum atomic E-state index is -0.271. The number of carbonyl (C=O) groups is 1. The summed E-state index contributed by atoms with van der Waals surface area (Å²) in [4.78, 5) is 13.4. The van der Waals surface area contributed by atoms with Gasteiger partial charge in [-0.05, 0) is 102 Å². The fourth-order valence-electron chi connectivity index (χ4n) is 9.71. The molecule has 0 bridgehead atoms. The average molecular weight is 471 g/mol. The number of hydrogen-bond acceptors (Lipinski definition) is 2. The monoisotopic (exact) mass is 470 g/mol. The van der Waals surface area contributed by atoms with Crippen LogP contribution in [0.3, 0.4) is 0 Å². The topological polar surface area (TPSA) is 37.3 Å². The number of aliphatic hydroxyl groups excluding tert-OH is 1. The summed E-state index contributed by atoms with van der Waals surface area (Å²) < 4.78 is 0. The Bertz CT molecular complexity index is 1140. The van der Waals surface area contributed by atoms with Crippen LogP contribution in [-0.4, -0.2) is 17.0 Å². The zero-order valence-corrected chi connectivity index (χ0v) is 21.7. The van der Waals surface area contributed by atoms with Crippen LogP contribution < -0.4 is 0 Å². The molecular weight excluding hydrogens is 428 g/mol. The minimum absolute atomic E-state index is 0.0941. The molecule has 4 aliphatic carbocycles. The molecule has 9 atom stereocenters. The van der Waals surface area contributed by atoms with Crippen molar-refractivity contribution in [3.63, 3.8) is 0 Å². The molecule has 2 nitrogen and oxygen atoms in total. The number of aliphatic hydroxyl groups is 1. The Hall–Kier alpha value is -1.93. The van der Waals surface area contributed by atoms with E-state index in [1.54, 1.807) is 0 Å². The fraction of sp³-hybridized carbons (Fsp3) is 0.606. The molecule has 4 fully saturated rings. The van der Waals surface area contributed by atoms with Crippen molar-refractivity contribution in [3.05, 3.63) is 54.1 Å². The van der Waals surface area contributed by atoms with E-state index in [0.29, 0.717) is 47.2 Å². The van der Waals surface area contributed by atoms with Crippen LogP contribution in [0, 0.1) is 46.3 Å². The van der Waals surface area contributed by atoms with Crippen LogP contribution in [0.4, 0.5) is 0 Å². The summed E-state index contributed by atoms with van der Waals surface area (Å²) in [7, 11) is 0. The highest BCUT2D eigenvalue weighted by molar-refractivity contribution is 5.90. The van der Waals surface area contributed by atoms with Crippen molar-refractivity contribution < 1.29 is 9.90 Å². The van der Waals surface area contributed by atoms with E-state index in [4.69, 9.17) is 0 Å². The Labute approximate surface area is 211 Å². The maximum Gasteiger partial charge on any atom is 0.136 e. The predicted octanol–water partition coefficient (Wildman–Crippen LogP) is 7.69. The first-order chi connectivity index (χ1) is 16.8. The van der Waals surface area contributed by atoms with Gasteiger partial charge in [0.15, 0.2) is 0 Å². The molecule has 0 spiro atoms. The SMILES string of the molecule is C[C@H](/C=C/c1cccc2ccccc12)[C@H]1CC[C@H]2[C@@H]3CC(=O)[C@H]4C[C@H](O)CC[C@]4(C)[C@H]3CC[C@]12C. The number of carbonyl (C=O) groups excluding carboxylic acids is 1. The average Bonchev–Trinajstić information content (AvgIpc) is 3.21. The number of Topliss-reactive ketones (excluding diaryl/α,β-unsaturated/α-hetero) is 1. The molecule has 0 saturated heterocycles. The van der Waals surface area contributed by atoms with E-state index in [1.807, 2.05) is 0 Å². The number of rotatable bonds is 3. The van der Waals surface area contributed by atoms with E-state index in [-0.39, 0.29) is 17.4 Å². The van der Waals surface area contributed by atoms with E-state index in [2.05, 4.69) is 75.4 Å². The molecule has 0 radical (unpaired) electrons. The quantitative estimate of drug-likeness (QED) is 0.499. The zero-order chi connectivity index (χ0) is 24.4. The Morgan fingerprint density at radius 3 is 2.54 bits per heavy atom. The van der Waals surface area contributed by atoms with Crippen LogP contribution in [0.15, 0.2) is 48.5 Å². The van der Waals surface area contributed by atoms with Crippen molar-refractivity contribution in [2.24, 2.45) is 46.3 Å². The van der Waals surface area contributed by atoms with Crippen molar-refractivity contribution in [2.45, 2.75) is 78.2 Å². The minimum Gasteiger partial charge on any atom is -0.393 e. The van der Waals surface area contributed by atoms with Gasteiger partial charge in [-0.15, -0.1) is 0 Å². The molecule has 0 amide bonds. The normalized spacial score (nSPS) is 42.0. The molecule has 35 heavy (non-hydrogen) atoms. The van der Waals surface area contributed by atoms with E-state index < -0.39 is 0 Å². The van der Waals surface area contributed by atoms with Crippen LogP contribution in [0.1, 0.15) is 77.7 Å². The predicted molar refractivity (Wildman–Crippen MR) is 144 cm³/mol. The van der Waals surface area contributed by atoms with Crippen molar-refractivity contribution >= 4 is 22.6 Å². The third-order valence-electron chi connectivity index (χ3n) is 11.5. The molecule has 1 N–H and O–H groups in total. The van der Waals surface area contributed by atoms with Crippen LogP contribution in [0.5, 0.6) is 0 Å². The fourth-order valence-corrected chi connectivity index (χ4v) is 9.71. The molecule has 186 valence electrons.